The van der Waals surface area contributed by atoms with Crippen LogP contribution in [0.5, 0.6) is 17.2 Å². The Kier molecular flexibility index (Phi) is 9.23. The summed E-state index contributed by atoms with van der Waals surface area (Å²) >= 11 is 0. The fraction of sp³-hybridized carbons (Fsp3) is 0.387. The topological polar surface area (TPSA) is 200 Å². The molecule has 1 fully saturated rings. The van der Waals surface area contributed by atoms with Crippen molar-refractivity contribution >= 4 is 28.7 Å². The van der Waals surface area contributed by atoms with Crippen LogP contribution < -0.4 is 21.4 Å². The number of ether oxygens (including phenoxy) is 4. The monoisotopic (exact) mass is 612 g/mol. The first-order chi connectivity index (χ1) is 20.6. The second kappa shape index (κ2) is 12.6. The lowest BCUT2D eigenvalue weighted by molar-refractivity contribution is -0.304. The number of phenolic OH excluding ortho intramolecular Hbond substituents is 1. The second-order valence-electron chi connectivity index (χ2n) is 11.2. The summed E-state index contributed by atoms with van der Waals surface area (Å²) in [6.07, 6.45) is -3.81. The number of fused-ring (bicyclic) bond motifs is 1. The van der Waals surface area contributed by atoms with Gasteiger partial charge in [-0.15, -0.1) is 0 Å². The molecule has 1 aliphatic rings. The van der Waals surface area contributed by atoms with Crippen LogP contribution in [0.25, 0.3) is 11.0 Å². The number of hydrogen-bond donors (Lipinski definition) is 5. The van der Waals surface area contributed by atoms with Crippen LogP contribution in [0.2, 0.25) is 0 Å². The van der Waals surface area contributed by atoms with Crippen LogP contribution in [0.3, 0.4) is 0 Å². The van der Waals surface area contributed by atoms with Gasteiger partial charge >= 0.3 is 11.7 Å². The van der Waals surface area contributed by atoms with Crippen molar-refractivity contribution in [1.82, 2.24) is 0 Å². The van der Waals surface area contributed by atoms with Gasteiger partial charge < -0.3 is 49.7 Å². The summed E-state index contributed by atoms with van der Waals surface area (Å²) in [5, 5.41) is 34.6. The molecule has 4 rings (SSSR count). The molecule has 0 radical (unpaired) electrons. The highest BCUT2D eigenvalue weighted by Gasteiger charge is 2.53. The third-order valence-electron chi connectivity index (χ3n) is 7.33. The molecule has 0 bridgehead atoms. The number of primary amides is 1. The van der Waals surface area contributed by atoms with Crippen LogP contribution in [0.4, 0.5) is 10.5 Å². The highest BCUT2D eigenvalue weighted by molar-refractivity contribution is 6.06. The van der Waals surface area contributed by atoms with E-state index < -0.39 is 59.3 Å². The maximum absolute atomic E-state index is 13.0. The number of methoxy groups -OCH3 is 1. The Bertz CT molecular complexity index is 1670. The predicted molar refractivity (Wildman–Crippen MR) is 159 cm³/mol. The van der Waals surface area contributed by atoms with E-state index in [-0.39, 0.29) is 33.6 Å². The lowest BCUT2D eigenvalue weighted by Crippen LogP contribution is -2.65. The zero-order chi connectivity index (χ0) is 32.5. The van der Waals surface area contributed by atoms with Gasteiger partial charge in [0.15, 0.2) is 23.6 Å². The predicted octanol–water partition coefficient (Wildman–Crippen LogP) is 3.63. The Morgan fingerprint density at radius 2 is 1.86 bits per heavy atom. The number of aliphatic hydroxyl groups excluding tert-OH is 1. The van der Waals surface area contributed by atoms with E-state index in [1.54, 1.807) is 20.8 Å². The molecule has 2 heterocycles. The van der Waals surface area contributed by atoms with Gasteiger partial charge in [-0.1, -0.05) is 11.6 Å². The van der Waals surface area contributed by atoms with Gasteiger partial charge in [0.1, 0.15) is 23.2 Å². The van der Waals surface area contributed by atoms with E-state index in [9.17, 15) is 29.7 Å². The van der Waals surface area contributed by atoms with E-state index >= 15 is 0 Å². The second-order valence-corrected chi connectivity index (χ2v) is 11.2. The van der Waals surface area contributed by atoms with E-state index in [0.29, 0.717) is 12.0 Å². The van der Waals surface area contributed by atoms with Crippen molar-refractivity contribution in [2.24, 2.45) is 5.73 Å². The fourth-order valence-corrected chi connectivity index (χ4v) is 5.06. The van der Waals surface area contributed by atoms with Crippen molar-refractivity contribution in [3.63, 3.8) is 0 Å². The standard InChI is InChI=1S/C31H36N2O11/c1-14(2)7-8-16-13-17(9-11-19(16)34)27(37)33-21-22(35)18-10-12-20(15(3)24(18)42-28(21)38)41-29-23(36)25(43-30(32)39)26(40-6)31(4,5)44-29/h7,9-13,23,25-26,29,34-36H,8H2,1-6H3,(H2,32,39)(H,33,37)/t23-,25-,26-,29-/m1/s1. The number of carbonyl (C=O) groups is 2. The van der Waals surface area contributed by atoms with Crippen LogP contribution in [0, 0.1) is 6.92 Å². The van der Waals surface area contributed by atoms with Gasteiger partial charge in [-0.3, -0.25) is 4.79 Å². The van der Waals surface area contributed by atoms with Crippen molar-refractivity contribution < 1.29 is 48.3 Å². The summed E-state index contributed by atoms with van der Waals surface area (Å²) in [5.41, 5.74) is 4.54. The minimum atomic E-state index is -1.52. The fourth-order valence-electron chi connectivity index (χ4n) is 5.06. The summed E-state index contributed by atoms with van der Waals surface area (Å²) in [6, 6.07) is 7.12. The average Bonchev–Trinajstić information content (AvgIpc) is 2.94. The molecule has 0 unspecified atom stereocenters. The summed E-state index contributed by atoms with van der Waals surface area (Å²) < 4.78 is 27.9. The number of rotatable bonds is 8. The van der Waals surface area contributed by atoms with Gasteiger partial charge in [-0.05, 0) is 76.9 Å². The van der Waals surface area contributed by atoms with Crippen LogP contribution in [0.1, 0.15) is 49.2 Å². The number of nitrogens with one attached hydrogen (secondary N) is 1. The highest BCUT2D eigenvalue weighted by atomic mass is 16.7. The van der Waals surface area contributed by atoms with Gasteiger partial charge in [-0.25, -0.2) is 9.59 Å². The van der Waals surface area contributed by atoms with Gasteiger partial charge in [0, 0.05) is 18.2 Å². The zero-order valence-electron chi connectivity index (χ0n) is 25.2. The molecule has 3 aromatic rings. The van der Waals surface area contributed by atoms with Crippen molar-refractivity contribution in [3.05, 3.63) is 69.1 Å². The van der Waals surface area contributed by atoms with Crippen molar-refractivity contribution in [2.75, 3.05) is 12.4 Å². The van der Waals surface area contributed by atoms with E-state index in [0.717, 1.165) is 5.57 Å². The van der Waals surface area contributed by atoms with Gasteiger partial charge in [0.2, 0.25) is 6.29 Å². The molecule has 1 aliphatic heterocycles. The largest absolute Gasteiger partial charge is 0.508 e. The number of phenols is 1. The average molecular weight is 613 g/mol. The zero-order valence-corrected chi connectivity index (χ0v) is 25.2. The van der Waals surface area contributed by atoms with Crippen LogP contribution in [-0.2, 0) is 20.6 Å². The molecule has 236 valence electrons. The maximum atomic E-state index is 13.0. The first-order valence-corrected chi connectivity index (χ1v) is 13.7. The molecule has 0 aliphatic carbocycles. The van der Waals surface area contributed by atoms with Crippen LogP contribution in [-0.4, -0.2) is 64.6 Å². The summed E-state index contributed by atoms with van der Waals surface area (Å²) in [4.78, 5) is 37.5. The molecule has 13 nitrogen and oxygen atoms in total. The number of aliphatic hydroxyl groups is 1. The molecule has 0 saturated carbocycles. The van der Waals surface area contributed by atoms with E-state index in [2.05, 4.69) is 5.32 Å². The molecule has 2 amide bonds. The van der Waals surface area contributed by atoms with Gasteiger partial charge in [-0.2, -0.15) is 0 Å². The van der Waals surface area contributed by atoms with Crippen molar-refractivity contribution in [1.29, 1.82) is 0 Å². The molecule has 13 heteroatoms. The molecule has 1 saturated heterocycles. The third-order valence-corrected chi connectivity index (χ3v) is 7.33. The number of aryl methyl sites for hydroxylation is 1. The van der Waals surface area contributed by atoms with E-state index in [1.807, 2.05) is 19.9 Å². The number of amides is 2. The number of anilines is 1. The number of nitrogens with two attached hydrogens (primary N) is 1. The minimum absolute atomic E-state index is 0.0183. The Morgan fingerprint density at radius 1 is 1.16 bits per heavy atom. The number of aromatic hydroxyl groups is 2. The molecule has 44 heavy (non-hydrogen) atoms. The summed E-state index contributed by atoms with van der Waals surface area (Å²) in [6.45, 7) is 8.69. The lowest BCUT2D eigenvalue weighted by atomic mass is 9.89. The molecule has 2 aromatic carbocycles. The number of carbonyl (C=O) groups excluding carboxylic acids is 2. The quantitative estimate of drug-likeness (QED) is 0.184. The Balaban J connectivity index is 1.63. The molecular weight excluding hydrogens is 576 g/mol. The normalized spacial score (nSPS) is 21.0. The lowest BCUT2D eigenvalue weighted by Gasteiger charge is -2.47. The Labute approximate surface area is 252 Å². The van der Waals surface area contributed by atoms with E-state index in [1.165, 1.54) is 37.4 Å². The van der Waals surface area contributed by atoms with Crippen molar-refractivity contribution in [3.8, 4) is 17.2 Å². The third kappa shape index (κ3) is 6.49. The summed E-state index contributed by atoms with van der Waals surface area (Å²) in [7, 11) is 1.37. The smallest absolute Gasteiger partial charge is 0.404 e. The molecule has 0 spiro atoms. The number of allylic oxidation sites excluding steroid dienone is 2. The highest BCUT2D eigenvalue weighted by Crippen LogP contribution is 2.38. The first-order valence-electron chi connectivity index (χ1n) is 13.7. The molecule has 1 aromatic heterocycles. The van der Waals surface area contributed by atoms with Crippen LogP contribution >= 0.6 is 0 Å². The van der Waals surface area contributed by atoms with Crippen LogP contribution in [0.15, 0.2) is 51.2 Å². The number of hydrogen-bond acceptors (Lipinski definition) is 11. The van der Waals surface area contributed by atoms with Crippen molar-refractivity contribution in [2.45, 2.75) is 71.2 Å². The minimum Gasteiger partial charge on any atom is -0.508 e. The van der Waals surface area contributed by atoms with E-state index in [4.69, 9.17) is 29.1 Å². The SMILES string of the molecule is CO[C@@H]1[C@H](OC(N)=O)[C@@H](O)[C@H](Oc2ccc3c(O)c(NC(=O)c4ccc(O)c(CC=C(C)C)c4)c(=O)oc3c2C)OC1(C)C. The molecule has 4 atom stereocenters. The summed E-state index contributed by atoms with van der Waals surface area (Å²) in [5.74, 6) is -1.09. The molecule has 6 N–H and O–H groups in total. The maximum Gasteiger partial charge on any atom is 0.404 e. The molecular formula is C31H36N2O11. The van der Waals surface area contributed by atoms with Gasteiger partial charge in [0.25, 0.3) is 5.91 Å². The first kappa shape index (κ1) is 32.3. The number of benzene rings is 2. The Hall–Kier alpha value is -4.59. The Morgan fingerprint density at radius 3 is 2.50 bits per heavy atom. The van der Waals surface area contributed by atoms with Gasteiger partial charge in [0.05, 0.1) is 11.0 Å².